The van der Waals surface area contributed by atoms with Gasteiger partial charge in [0.25, 0.3) is 0 Å². The van der Waals surface area contributed by atoms with Gasteiger partial charge in [-0.3, -0.25) is 0 Å². The Bertz CT molecular complexity index is 1320. The molecule has 6 aliphatic carbocycles. The van der Waals surface area contributed by atoms with Crippen molar-refractivity contribution in [1.29, 1.82) is 0 Å². The summed E-state index contributed by atoms with van der Waals surface area (Å²) in [5.41, 5.74) is 1.67. The van der Waals surface area contributed by atoms with Gasteiger partial charge in [-0.25, -0.2) is 0 Å². The lowest BCUT2D eigenvalue weighted by atomic mass is 9.37. The maximum Gasteiger partial charge on any atom is 0.0355 e. The highest BCUT2D eigenvalue weighted by Crippen LogP contribution is 2.69. The van der Waals surface area contributed by atoms with Gasteiger partial charge in [0.2, 0.25) is 0 Å². The van der Waals surface area contributed by atoms with Crippen molar-refractivity contribution < 1.29 is 0 Å². The molecule has 0 aliphatic heterocycles. The minimum Gasteiger partial charge on any atom is -0.135 e. The molecular weight excluding hydrogens is 464 g/mol. The minimum atomic E-state index is 0.798. The van der Waals surface area contributed by atoms with Crippen molar-refractivity contribution in [3.05, 3.63) is 48.0 Å². The Kier molecular flexibility index (Phi) is 5.21. The molecule has 194 valence electrons. The molecule has 0 nitrogen and oxygen atoms in total. The van der Waals surface area contributed by atoms with Crippen molar-refractivity contribution in [1.82, 2.24) is 0 Å². The van der Waals surface area contributed by atoms with Gasteiger partial charge in [-0.2, -0.15) is 0 Å². The summed E-state index contributed by atoms with van der Waals surface area (Å²) in [6.07, 6.45) is 20.3. The molecule has 11 unspecified atom stereocenters. The third-order valence-electron chi connectivity index (χ3n) is 13.5. The van der Waals surface area contributed by atoms with Gasteiger partial charge in [-0.15, -0.1) is 11.3 Å². The average molecular weight is 509 g/mol. The Labute approximate surface area is 227 Å². The number of hydrogen-bond donors (Lipinski definition) is 0. The summed E-state index contributed by atoms with van der Waals surface area (Å²) in [6.45, 7) is 0. The Hall–Kier alpha value is -1.34. The SMILES string of the molecule is c1ccc2c(c1)sc1ccc(C3CCC4C(C3)C3CCCC5C6CCCCC6C6CCCC4C6C53)cc12. The van der Waals surface area contributed by atoms with Gasteiger partial charge in [0, 0.05) is 20.2 Å². The van der Waals surface area contributed by atoms with Crippen LogP contribution in [-0.4, -0.2) is 0 Å². The zero-order chi connectivity index (χ0) is 24.1. The van der Waals surface area contributed by atoms with Crippen molar-refractivity contribution in [3.8, 4) is 0 Å². The lowest BCUT2D eigenvalue weighted by Gasteiger charge is -2.67. The van der Waals surface area contributed by atoms with E-state index in [-0.39, 0.29) is 0 Å². The Morgan fingerprint density at radius 1 is 0.486 bits per heavy atom. The molecule has 6 aliphatic rings. The second kappa shape index (κ2) is 8.58. The molecular formula is C36H44S. The first-order valence-corrected chi connectivity index (χ1v) is 17.1. The van der Waals surface area contributed by atoms with E-state index in [1.165, 1.54) is 39.4 Å². The van der Waals surface area contributed by atoms with E-state index >= 15 is 0 Å². The second-order valence-corrected chi connectivity index (χ2v) is 15.6. The van der Waals surface area contributed by atoms with Crippen LogP contribution in [0.4, 0.5) is 0 Å². The van der Waals surface area contributed by atoms with Gasteiger partial charge < -0.3 is 0 Å². The maximum absolute atomic E-state index is 2.62. The van der Waals surface area contributed by atoms with E-state index in [1.807, 2.05) is 11.3 Å². The van der Waals surface area contributed by atoms with Crippen molar-refractivity contribution in [2.45, 2.75) is 89.4 Å². The molecule has 9 rings (SSSR count). The van der Waals surface area contributed by atoms with Crippen molar-refractivity contribution >= 4 is 31.5 Å². The van der Waals surface area contributed by atoms with E-state index in [0.29, 0.717) is 0 Å². The Balaban J connectivity index is 1.08. The molecule has 0 amide bonds. The van der Waals surface area contributed by atoms with E-state index in [4.69, 9.17) is 0 Å². The van der Waals surface area contributed by atoms with Crippen molar-refractivity contribution in [3.63, 3.8) is 0 Å². The van der Waals surface area contributed by atoms with Crippen molar-refractivity contribution in [2.24, 2.45) is 59.2 Å². The van der Waals surface area contributed by atoms with E-state index in [2.05, 4.69) is 42.5 Å². The first-order valence-electron chi connectivity index (χ1n) is 16.3. The van der Waals surface area contributed by atoms with Gasteiger partial charge in [0.05, 0.1) is 0 Å². The Morgan fingerprint density at radius 2 is 1.08 bits per heavy atom. The fraction of sp³-hybridized carbons (Fsp3) is 0.667. The van der Waals surface area contributed by atoms with Crippen LogP contribution in [0.25, 0.3) is 20.2 Å². The summed E-state index contributed by atoms with van der Waals surface area (Å²) in [5, 5.41) is 3.00. The number of rotatable bonds is 1. The van der Waals surface area contributed by atoms with Gasteiger partial charge >= 0.3 is 0 Å². The van der Waals surface area contributed by atoms with Gasteiger partial charge in [0.1, 0.15) is 0 Å². The molecule has 0 spiro atoms. The lowest BCUT2D eigenvalue weighted by molar-refractivity contribution is -0.188. The molecule has 1 heterocycles. The molecule has 1 heteroatoms. The fourth-order valence-corrected chi connectivity index (χ4v) is 13.6. The van der Waals surface area contributed by atoms with Crippen LogP contribution < -0.4 is 0 Å². The number of thiophene rings is 1. The maximum atomic E-state index is 2.62. The topological polar surface area (TPSA) is 0 Å². The zero-order valence-electron chi connectivity index (χ0n) is 22.5. The van der Waals surface area contributed by atoms with Crippen LogP contribution in [0.1, 0.15) is 95.0 Å². The van der Waals surface area contributed by atoms with Crippen LogP contribution in [0.15, 0.2) is 42.5 Å². The summed E-state index contributed by atoms with van der Waals surface area (Å²) in [4.78, 5) is 0. The number of fused-ring (bicyclic) bond motifs is 9. The molecule has 3 aromatic rings. The summed E-state index contributed by atoms with van der Waals surface area (Å²) in [7, 11) is 0. The predicted octanol–water partition coefficient (Wildman–Crippen LogP) is 10.5. The van der Waals surface area contributed by atoms with Gasteiger partial charge in [0.15, 0.2) is 0 Å². The second-order valence-electron chi connectivity index (χ2n) is 14.5. The summed E-state index contributed by atoms with van der Waals surface area (Å²) in [6, 6.07) is 16.7. The largest absolute Gasteiger partial charge is 0.135 e. The van der Waals surface area contributed by atoms with E-state index in [9.17, 15) is 0 Å². The summed E-state index contributed by atoms with van der Waals surface area (Å²) < 4.78 is 2.93. The van der Waals surface area contributed by atoms with Crippen molar-refractivity contribution in [2.75, 3.05) is 0 Å². The normalized spacial score (nSPS) is 44.7. The smallest absolute Gasteiger partial charge is 0.0355 e. The monoisotopic (exact) mass is 508 g/mol. The van der Waals surface area contributed by atoms with E-state index in [0.717, 1.165) is 65.1 Å². The molecule has 6 saturated carbocycles. The van der Waals surface area contributed by atoms with Crippen LogP contribution in [0, 0.1) is 59.2 Å². The number of hydrogen-bond acceptors (Lipinski definition) is 1. The molecule has 11 atom stereocenters. The summed E-state index contributed by atoms with van der Waals surface area (Å²) in [5.74, 6) is 11.8. The quantitative estimate of drug-likeness (QED) is 0.307. The third kappa shape index (κ3) is 3.25. The van der Waals surface area contributed by atoms with Crippen LogP contribution in [0.3, 0.4) is 0 Å². The van der Waals surface area contributed by atoms with Crippen LogP contribution in [-0.2, 0) is 0 Å². The molecule has 37 heavy (non-hydrogen) atoms. The highest BCUT2D eigenvalue weighted by Gasteiger charge is 2.62. The van der Waals surface area contributed by atoms with Gasteiger partial charge in [-0.05, 0) is 147 Å². The predicted molar refractivity (Wildman–Crippen MR) is 157 cm³/mol. The Morgan fingerprint density at radius 3 is 1.81 bits per heavy atom. The molecule has 0 bridgehead atoms. The first kappa shape index (κ1) is 22.5. The summed E-state index contributed by atoms with van der Waals surface area (Å²) >= 11 is 1.98. The van der Waals surface area contributed by atoms with Gasteiger partial charge in [-0.1, -0.05) is 49.9 Å². The average Bonchev–Trinajstić information content (AvgIpc) is 3.34. The molecule has 0 saturated heterocycles. The van der Waals surface area contributed by atoms with Crippen LogP contribution >= 0.6 is 11.3 Å². The molecule has 6 fully saturated rings. The molecule has 0 N–H and O–H groups in total. The van der Waals surface area contributed by atoms with Crippen LogP contribution in [0.5, 0.6) is 0 Å². The number of benzene rings is 2. The van der Waals surface area contributed by atoms with E-state index < -0.39 is 0 Å². The highest BCUT2D eigenvalue weighted by molar-refractivity contribution is 7.25. The third-order valence-corrected chi connectivity index (χ3v) is 14.6. The zero-order valence-corrected chi connectivity index (χ0v) is 23.3. The lowest BCUT2D eigenvalue weighted by Crippen LogP contribution is -2.61. The van der Waals surface area contributed by atoms with E-state index in [1.54, 1.807) is 69.8 Å². The minimum absolute atomic E-state index is 0.798. The van der Waals surface area contributed by atoms with Crippen LogP contribution in [0.2, 0.25) is 0 Å². The molecule has 2 aromatic carbocycles. The highest BCUT2D eigenvalue weighted by atomic mass is 32.1. The molecule has 1 aromatic heterocycles. The first-order chi connectivity index (χ1) is 18.3. The molecule has 0 radical (unpaired) electrons. The standard InChI is InChI=1S/C36H44S/c1-2-8-24-23(7-1)27-10-5-12-29-25-17-15-21(19-31(25)30-13-6-11-28(24)36(30)35(27)29)22-16-18-34-32(20-22)26-9-3-4-14-33(26)37-34/h3-4,9,14,16,18,20-21,23-25,27-31,35-36H,1-2,5-8,10-13,15,17,19H2. The fourth-order valence-electron chi connectivity index (χ4n) is 12.5.